The second-order valence-corrected chi connectivity index (χ2v) is 36.1. The summed E-state index contributed by atoms with van der Waals surface area (Å²) in [4.78, 5) is 25.2. The third-order valence-corrected chi connectivity index (χ3v) is 25.6. The van der Waals surface area contributed by atoms with Gasteiger partial charge in [0.1, 0.15) is 19.0 Å². The highest BCUT2D eigenvalue weighted by Crippen LogP contribution is 2.39. The van der Waals surface area contributed by atoms with Gasteiger partial charge < -0.3 is 48.1 Å². The van der Waals surface area contributed by atoms with Crippen molar-refractivity contribution in [1.29, 1.82) is 10.5 Å². The Hall–Kier alpha value is -7.58. The van der Waals surface area contributed by atoms with Crippen molar-refractivity contribution in [2.24, 2.45) is 33.8 Å². The Morgan fingerprint density at radius 1 is 0.595 bits per heavy atom. The van der Waals surface area contributed by atoms with Crippen LogP contribution in [0.3, 0.4) is 0 Å². The van der Waals surface area contributed by atoms with Gasteiger partial charge in [0.25, 0.3) is 9.24 Å². The van der Waals surface area contributed by atoms with E-state index in [4.69, 9.17) is 44.5 Å². The third kappa shape index (κ3) is 36.8. The normalized spacial score (nSPS) is 18.1. The smallest absolute Gasteiger partial charge is 0.333 e. The minimum atomic E-state index is -4.05. The quantitative estimate of drug-likeness (QED) is 0.0163. The van der Waals surface area contributed by atoms with E-state index >= 15 is 0 Å². The summed E-state index contributed by atoms with van der Waals surface area (Å²) in [5.74, 6) is 7.75. The lowest BCUT2D eigenvalue weighted by Crippen LogP contribution is -2.24. The van der Waals surface area contributed by atoms with Crippen LogP contribution in [-0.2, 0) is 110 Å². The van der Waals surface area contributed by atoms with Crippen molar-refractivity contribution in [2.75, 3.05) is 50.1 Å². The highest BCUT2D eigenvalue weighted by Gasteiger charge is 2.38. The number of nitriles is 2. The lowest BCUT2D eigenvalue weighted by atomic mass is 10.1. The first-order chi connectivity index (χ1) is 52.5. The lowest BCUT2D eigenvalue weighted by molar-refractivity contribution is 0.0901. The van der Waals surface area contributed by atoms with Gasteiger partial charge in [0.15, 0.2) is 50.3 Å². The van der Waals surface area contributed by atoms with Crippen LogP contribution >= 0.6 is 22.3 Å². The van der Waals surface area contributed by atoms with E-state index in [1.54, 1.807) is 59.7 Å². The number of rotatable bonds is 21. The Kier molecular flexibility index (Phi) is 50.0. The number of hydrogen-bond donors (Lipinski definition) is 11. The number of nitrogens with zero attached hydrogens (tertiary/aromatic N) is 17. The van der Waals surface area contributed by atoms with Crippen LogP contribution in [-0.4, -0.2) is 175 Å². The van der Waals surface area contributed by atoms with Crippen molar-refractivity contribution in [3.05, 3.63) is 132 Å². The van der Waals surface area contributed by atoms with Crippen molar-refractivity contribution in [1.82, 2.24) is 81.0 Å². The summed E-state index contributed by atoms with van der Waals surface area (Å²) in [6.07, 6.45) is 16.6. The number of aromatic nitrogens is 15. The van der Waals surface area contributed by atoms with Gasteiger partial charge in [-0.1, -0.05) is 132 Å². The predicted molar refractivity (Wildman–Crippen MR) is 450 cm³/mol. The number of aryl methyl sites for hydroxylation is 3. The summed E-state index contributed by atoms with van der Waals surface area (Å²) in [5, 5.41) is 104. The van der Waals surface area contributed by atoms with Gasteiger partial charge in [-0.2, -0.15) is 27.4 Å². The molecule has 9 aromatic rings. The van der Waals surface area contributed by atoms with Gasteiger partial charge in [0.05, 0.1) is 55.2 Å². The molecule has 9 unspecified atom stereocenters. The fourth-order valence-electron chi connectivity index (χ4n) is 11.2. The van der Waals surface area contributed by atoms with Crippen LogP contribution in [0.25, 0.3) is 33.5 Å². The monoisotopic (exact) mass is 1740 g/mol. The van der Waals surface area contributed by atoms with E-state index in [-0.39, 0.29) is 75.9 Å². The SMILES string of the molecule is C.C#CC#CC.CC#N.CC#N.N.NCCCc1ccccc1.NS(=O)(=O)Cl.NS(=O)(=O)OCC1CC(n2nnc3c(NCCCc4ccccc4)ncnc32)CC1O.OCC1CC(n2nnc3c(Cl)ncnc32)CC1O.OCC1CC(n2nnc3c(NCCCc4ccccc4)ncnc32)CC1O.S=S=S=S=S=S=S.[HH]. The number of fused-ring (bicyclic) bond motifs is 3. The molecule has 3 aliphatic rings. The largest absolute Gasteiger partial charge is 0.396 e. The second kappa shape index (κ2) is 55.8. The Bertz CT molecular complexity index is 4850. The first-order valence-electron chi connectivity index (χ1n) is 33.3. The number of nitrogens with one attached hydrogen (secondary N) is 2. The summed E-state index contributed by atoms with van der Waals surface area (Å²) in [7, 11) is 3.90. The maximum absolute atomic E-state index is 11.0. The maximum Gasteiger partial charge on any atom is 0.333 e. The number of benzene rings is 3. The fourth-order valence-corrected chi connectivity index (χ4v) is 19.9. The van der Waals surface area contributed by atoms with E-state index in [1.807, 2.05) is 30.3 Å². The zero-order chi connectivity index (χ0) is 80.0. The molecule has 9 atom stereocenters. The van der Waals surface area contributed by atoms with E-state index in [1.165, 1.54) is 67.3 Å². The van der Waals surface area contributed by atoms with Gasteiger partial charge in [-0.05, 0) is 119 Å². The van der Waals surface area contributed by atoms with Crippen molar-refractivity contribution in [3.8, 4) is 36.3 Å². The summed E-state index contributed by atoms with van der Waals surface area (Å²) in [6, 6.07) is 34.4. The molecule has 111 heavy (non-hydrogen) atoms. The molecular weight excluding hydrogens is 1650 g/mol. The summed E-state index contributed by atoms with van der Waals surface area (Å²) >= 11 is 15.0. The maximum atomic E-state index is 11.0. The Labute approximate surface area is 681 Å². The molecule has 0 spiro atoms. The van der Waals surface area contributed by atoms with Crippen LogP contribution in [0.4, 0.5) is 11.6 Å². The average Bonchev–Trinajstić information content (AvgIpc) is 1.65. The summed E-state index contributed by atoms with van der Waals surface area (Å²) in [6.45, 7) is 6.64. The zero-order valence-corrected chi connectivity index (χ0v) is 69.0. The summed E-state index contributed by atoms with van der Waals surface area (Å²) in [5.41, 5.74) is 12.8. The van der Waals surface area contributed by atoms with Gasteiger partial charge in [-0.15, -0.1) is 21.7 Å². The van der Waals surface area contributed by atoms with Crippen molar-refractivity contribution in [3.63, 3.8) is 0 Å². The molecule has 44 heteroatoms. The molecule has 3 saturated carbocycles. The van der Waals surface area contributed by atoms with Gasteiger partial charge in [-0.3, -0.25) is 4.18 Å². The Morgan fingerprint density at radius 3 is 1.26 bits per heavy atom. The number of aliphatic hydroxyl groups is 5. The van der Waals surface area contributed by atoms with E-state index < -0.39 is 37.9 Å². The minimum absolute atomic E-state index is 0. The number of aliphatic hydroxyl groups excluding tert-OH is 5. The molecule has 3 aliphatic carbocycles. The average molecular weight is 1740 g/mol. The van der Waals surface area contributed by atoms with Crippen molar-refractivity contribution < 1.29 is 48.0 Å². The van der Waals surface area contributed by atoms with Crippen LogP contribution in [0.15, 0.2) is 110 Å². The molecule has 3 aromatic carbocycles. The Balaban J connectivity index is 0.000000701. The first kappa shape index (κ1) is 99.5. The molecule has 0 saturated heterocycles. The number of hydrogen-bond acceptors (Lipinski definition) is 30. The molecule has 606 valence electrons. The fraction of sp³-hybridized carbons (Fsp3) is 0.463. The minimum Gasteiger partial charge on any atom is -0.396 e. The number of terminal acetylenes is 1. The second-order valence-electron chi connectivity index (χ2n) is 23.4. The van der Waals surface area contributed by atoms with Gasteiger partial charge in [0, 0.05) is 137 Å². The van der Waals surface area contributed by atoms with E-state index in [0.717, 1.165) is 58.2 Å². The molecule has 0 bridgehead atoms. The number of anilines is 2. The molecule has 3 fully saturated rings. The predicted octanol–water partition coefficient (Wildman–Crippen LogP) is 6.28. The van der Waals surface area contributed by atoms with Crippen LogP contribution < -0.4 is 32.8 Å². The van der Waals surface area contributed by atoms with Gasteiger partial charge in [0.2, 0.25) is 0 Å². The molecule has 6 aromatic heterocycles. The highest BCUT2D eigenvalue weighted by molar-refractivity contribution is 8.68. The molecule has 0 radical (unpaired) electrons. The topological polar surface area (TPSA) is 533 Å². The summed E-state index contributed by atoms with van der Waals surface area (Å²) < 4.78 is 50.1. The molecule has 12 rings (SSSR count). The molecule has 0 aliphatic heterocycles. The van der Waals surface area contributed by atoms with Gasteiger partial charge >= 0.3 is 10.3 Å². The molecule has 0 amide bonds. The van der Waals surface area contributed by atoms with E-state index in [9.17, 15) is 37.3 Å². The molecule has 33 nitrogen and oxygen atoms in total. The number of halogens is 2. The van der Waals surface area contributed by atoms with E-state index in [0.29, 0.717) is 83.7 Å². The Morgan fingerprint density at radius 2 is 0.937 bits per heavy atom. The molecule has 16 N–H and O–H groups in total. The zero-order valence-electron chi connectivity index (χ0n) is 60.1. The number of nitrogens with two attached hydrogens (primary N) is 3. The van der Waals surface area contributed by atoms with E-state index in [2.05, 4.69) is 192 Å². The standard InChI is InChI=1S/C19H25N7O4S.C19H24N6O2.C10H12ClN5O2.C9H13N.C5H4.2C2H3N.CH4.ClH2NO2S.H3N.S7.H2/c20-31(28,29)30-11-14-9-15(10-16(14)27)26-19-17(24-25-26)18(22-12-23-19)21-8-4-7-13-5-2-1-3-6-13;26-11-14-9-15(10-16(14)27)25-19-17(23-24-25)18(21-12-22-19)20-8-4-7-13-5-2-1-3-6-13;11-9-8-10(13-4-12-9)16(15-14-8)6-1-5(3-17)7(18)2-6;10-8-4-7-9-5-2-1-3-6-9;1-3-5-4-2;2*1-2-3;;1-5(2,3)4;;1-3-5-7-6-4-2;/h1-3,5-6,12,14-16,27H,4,7-11H2,(H2,20,28,29)(H,21,22,23);1-3,5-6,12,14-16,26-27H,4,7-11H2,(H,20,21,22);4-7,17-18H,1-3H2;1-3,5-6H,4,7-8,10H2;1H,2H3;2*1H3;1H4;(H2,2,3,4);1H3;;1H. The van der Waals surface area contributed by atoms with Crippen LogP contribution in [0.1, 0.15) is 122 Å². The van der Waals surface area contributed by atoms with Crippen LogP contribution in [0.2, 0.25) is 5.15 Å². The van der Waals surface area contributed by atoms with Gasteiger partial charge in [-0.25, -0.2) is 54.2 Å². The highest BCUT2D eigenvalue weighted by atomic mass is 35.7. The molecule has 6 heterocycles. The van der Waals surface area contributed by atoms with Crippen molar-refractivity contribution in [2.45, 2.75) is 142 Å². The van der Waals surface area contributed by atoms with Crippen LogP contribution in [0, 0.1) is 64.6 Å². The lowest BCUT2D eigenvalue weighted by Gasteiger charge is -2.12. The van der Waals surface area contributed by atoms with Crippen molar-refractivity contribution >= 4 is 154 Å². The molecular formula is C67H95Cl2N23O10S9. The van der Waals surface area contributed by atoms with Crippen LogP contribution in [0.5, 0.6) is 0 Å². The first-order valence-corrected chi connectivity index (χ1v) is 45.5. The third-order valence-electron chi connectivity index (χ3n) is 16.0.